The molecule has 21 heavy (non-hydrogen) atoms. The number of anilines is 1. The fourth-order valence-electron chi connectivity index (χ4n) is 2.07. The molecule has 0 radical (unpaired) electrons. The van der Waals surface area contributed by atoms with E-state index in [1.165, 1.54) is 17.6 Å². The second-order valence-electron chi connectivity index (χ2n) is 4.94. The Morgan fingerprint density at radius 3 is 2.43 bits per heavy atom. The van der Waals surface area contributed by atoms with Crippen molar-refractivity contribution in [3.05, 3.63) is 42.2 Å². The Morgan fingerprint density at radius 2 is 1.76 bits per heavy atom. The van der Waals surface area contributed by atoms with Gasteiger partial charge in [0.2, 0.25) is 5.95 Å². The minimum absolute atomic E-state index is 0.666. The van der Waals surface area contributed by atoms with Gasteiger partial charge >= 0.3 is 0 Å². The summed E-state index contributed by atoms with van der Waals surface area (Å²) in [6.45, 7) is 5.91. The summed E-state index contributed by atoms with van der Waals surface area (Å²) in [5.74, 6) is 1.43. The van der Waals surface area contributed by atoms with Gasteiger partial charge in [0.15, 0.2) is 5.75 Å². The standard InChI is InChI=1S/C15H18N4OS/c1-12-2-4-14(5-3-12)21-20-13-10-17-15(18-11-13)19-8-6-16-7-9-19/h2-5,10-11,16H,6-9H2,1H3. The van der Waals surface area contributed by atoms with Gasteiger partial charge in [0.05, 0.1) is 24.4 Å². The third kappa shape index (κ3) is 3.86. The van der Waals surface area contributed by atoms with Gasteiger partial charge in [-0.1, -0.05) is 17.7 Å². The predicted molar refractivity (Wildman–Crippen MR) is 84.8 cm³/mol. The highest BCUT2D eigenvalue weighted by Crippen LogP contribution is 2.23. The van der Waals surface area contributed by atoms with Gasteiger partial charge in [0.25, 0.3) is 0 Å². The molecule has 0 aliphatic carbocycles. The lowest BCUT2D eigenvalue weighted by molar-refractivity contribution is 0.576. The first-order valence-corrected chi connectivity index (χ1v) is 7.74. The highest BCUT2D eigenvalue weighted by Gasteiger charge is 2.12. The van der Waals surface area contributed by atoms with Crippen LogP contribution in [0.15, 0.2) is 41.6 Å². The number of rotatable bonds is 4. The summed E-state index contributed by atoms with van der Waals surface area (Å²) in [7, 11) is 0. The number of hydrogen-bond acceptors (Lipinski definition) is 6. The lowest BCUT2D eigenvalue weighted by Gasteiger charge is -2.27. The van der Waals surface area contributed by atoms with Gasteiger partial charge < -0.3 is 14.4 Å². The van der Waals surface area contributed by atoms with Crippen LogP contribution in [0.1, 0.15) is 5.56 Å². The molecule has 0 atom stereocenters. The van der Waals surface area contributed by atoms with Crippen LogP contribution in [0.25, 0.3) is 0 Å². The average molecular weight is 302 g/mol. The minimum Gasteiger partial charge on any atom is -0.417 e. The summed E-state index contributed by atoms with van der Waals surface area (Å²) in [4.78, 5) is 12.0. The van der Waals surface area contributed by atoms with Gasteiger partial charge in [-0.2, -0.15) is 0 Å². The second-order valence-corrected chi connectivity index (χ2v) is 5.74. The molecule has 2 heterocycles. The molecule has 1 aromatic carbocycles. The molecule has 0 unspecified atom stereocenters. The first-order chi connectivity index (χ1) is 10.3. The highest BCUT2D eigenvalue weighted by atomic mass is 32.2. The summed E-state index contributed by atoms with van der Waals surface area (Å²) in [6, 6.07) is 8.21. The Morgan fingerprint density at radius 1 is 1.10 bits per heavy atom. The third-order valence-corrected chi connectivity index (χ3v) is 4.01. The summed E-state index contributed by atoms with van der Waals surface area (Å²) >= 11 is 1.32. The van der Waals surface area contributed by atoms with E-state index in [1.807, 2.05) is 12.1 Å². The topological polar surface area (TPSA) is 50.3 Å². The van der Waals surface area contributed by atoms with E-state index < -0.39 is 0 Å². The summed E-state index contributed by atoms with van der Waals surface area (Å²) < 4.78 is 5.64. The number of benzene rings is 1. The van der Waals surface area contributed by atoms with Crippen molar-refractivity contribution in [2.45, 2.75) is 11.8 Å². The molecule has 1 saturated heterocycles. The normalized spacial score (nSPS) is 15.0. The van der Waals surface area contributed by atoms with Gasteiger partial charge in [-0.05, 0) is 19.1 Å². The number of piperazine rings is 1. The van der Waals surface area contributed by atoms with E-state index in [0.29, 0.717) is 5.75 Å². The maximum atomic E-state index is 5.64. The quantitative estimate of drug-likeness (QED) is 0.875. The fourth-order valence-corrected chi connectivity index (χ4v) is 2.60. The van der Waals surface area contributed by atoms with Crippen LogP contribution in [0, 0.1) is 6.92 Å². The molecule has 3 rings (SSSR count). The second kappa shape index (κ2) is 6.78. The monoisotopic (exact) mass is 302 g/mol. The van der Waals surface area contributed by atoms with Crippen molar-refractivity contribution in [1.82, 2.24) is 15.3 Å². The molecule has 1 fully saturated rings. The average Bonchev–Trinajstić information content (AvgIpc) is 2.56. The van der Waals surface area contributed by atoms with Gasteiger partial charge in [0, 0.05) is 31.1 Å². The van der Waals surface area contributed by atoms with Crippen LogP contribution >= 0.6 is 12.0 Å². The summed E-state index contributed by atoms with van der Waals surface area (Å²) in [5, 5.41) is 3.31. The molecule has 0 amide bonds. The molecule has 6 heteroatoms. The van der Waals surface area contributed by atoms with Gasteiger partial charge in [0.1, 0.15) is 0 Å². The van der Waals surface area contributed by atoms with E-state index in [0.717, 1.165) is 37.0 Å². The number of aromatic nitrogens is 2. The van der Waals surface area contributed by atoms with Crippen LogP contribution in [0.5, 0.6) is 5.75 Å². The maximum Gasteiger partial charge on any atom is 0.225 e. The van der Waals surface area contributed by atoms with Crippen LogP contribution in [0.3, 0.4) is 0 Å². The van der Waals surface area contributed by atoms with E-state index in [4.69, 9.17) is 4.18 Å². The molecule has 2 aromatic rings. The smallest absolute Gasteiger partial charge is 0.225 e. The zero-order valence-corrected chi connectivity index (χ0v) is 12.8. The largest absolute Gasteiger partial charge is 0.417 e. The SMILES string of the molecule is Cc1ccc(SOc2cnc(N3CCNCC3)nc2)cc1. The lowest BCUT2D eigenvalue weighted by Crippen LogP contribution is -2.44. The number of nitrogens with one attached hydrogen (secondary N) is 1. The molecular formula is C15H18N4OS. The molecule has 1 aliphatic rings. The summed E-state index contributed by atoms with van der Waals surface area (Å²) in [6.07, 6.45) is 3.46. The van der Waals surface area contributed by atoms with E-state index >= 15 is 0 Å². The van der Waals surface area contributed by atoms with Gasteiger partial charge in [-0.15, -0.1) is 0 Å². The van der Waals surface area contributed by atoms with Crippen molar-refractivity contribution in [3.8, 4) is 5.75 Å². The predicted octanol–water partition coefficient (Wildman–Crippen LogP) is 2.28. The Balaban J connectivity index is 1.57. The van der Waals surface area contributed by atoms with E-state index in [9.17, 15) is 0 Å². The van der Waals surface area contributed by atoms with Gasteiger partial charge in [-0.25, -0.2) is 9.97 Å². The zero-order valence-electron chi connectivity index (χ0n) is 12.0. The van der Waals surface area contributed by atoms with Crippen molar-refractivity contribution in [2.75, 3.05) is 31.1 Å². The zero-order chi connectivity index (χ0) is 14.5. The number of aryl methyl sites for hydroxylation is 1. The molecular weight excluding hydrogens is 284 g/mol. The van der Waals surface area contributed by atoms with E-state index in [2.05, 4.69) is 39.2 Å². The maximum absolute atomic E-state index is 5.64. The fraction of sp³-hybridized carbons (Fsp3) is 0.333. The van der Waals surface area contributed by atoms with Crippen molar-refractivity contribution in [3.63, 3.8) is 0 Å². The first-order valence-electron chi connectivity index (χ1n) is 7.00. The van der Waals surface area contributed by atoms with Crippen molar-refractivity contribution >= 4 is 18.0 Å². The van der Waals surface area contributed by atoms with Crippen LogP contribution in [-0.4, -0.2) is 36.1 Å². The molecule has 0 saturated carbocycles. The van der Waals surface area contributed by atoms with Crippen LogP contribution in [0.4, 0.5) is 5.95 Å². The molecule has 1 N–H and O–H groups in total. The Kier molecular flexibility index (Phi) is 4.57. The third-order valence-electron chi connectivity index (χ3n) is 3.27. The van der Waals surface area contributed by atoms with Gasteiger partial charge in [-0.3, -0.25) is 0 Å². The number of hydrogen-bond donors (Lipinski definition) is 1. The molecule has 1 aliphatic heterocycles. The molecule has 0 bridgehead atoms. The van der Waals surface area contributed by atoms with Crippen LogP contribution < -0.4 is 14.4 Å². The van der Waals surface area contributed by atoms with Crippen molar-refractivity contribution in [2.24, 2.45) is 0 Å². The molecule has 0 spiro atoms. The first kappa shape index (κ1) is 14.2. The molecule has 5 nitrogen and oxygen atoms in total. The Labute approximate surface area is 129 Å². The summed E-state index contributed by atoms with van der Waals surface area (Å²) in [5.41, 5.74) is 1.24. The minimum atomic E-state index is 0.666. The Bertz CT molecular complexity index is 567. The van der Waals surface area contributed by atoms with E-state index in [-0.39, 0.29) is 0 Å². The molecule has 1 aromatic heterocycles. The van der Waals surface area contributed by atoms with Crippen molar-refractivity contribution in [1.29, 1.82) is 0 Å². The number of nitrogens with zero attached hydrogens (tertiary/aromatic N) is 3. The lowest BCUT2D eigenvalue weighted by atomic mass is 10.2. The van der Waals surface area contributed by atoms with Crippen LogP contribution in [0.2, 0.25) is 0 Å². The van der Waals surface area contributed by atoms with E-state index in [1.54, 1.807) is 12.4 Å². The van der Waals surface area contributed by atoms with Crippen molar-refractivity contribution < 1.29 is 4.18 Å². The molecule has 110 valence electrons. The van der Waals surface area contributed by atoms with Crippen LogP contribution in [-0.2, 0) is 0 Å². The Hall–Kier alpha value is -1.79. The highest BCUT2D eigenvalue weighted by molar-refractivity contribution is 7.95.